The summed E-state index contributed by atoms with van der Waals surface area (Å²) in [5, 5.41) is 3.11. The van der Waals surface area contributed by atoms with Gasteiger partial charge in [0.1, 0.15) is 0 Å². The maximum Gasteiger partial charge on any atom is 0.227 e. The molecule has 1 amide bonds. The molecule has 0 saturated heterocycles. The maximum absolute atomic E-state index is 12.4. The fraction of sp³-hybridized carbons (Fsp3) is 0.933. The van der Waals surface area contributed by atoms with Gasteiger partial charge in [0.25, 0.3) is 0 Å². The summed E-state index contributed by atoms with van der Waals surface area (Å²) in [5.74, 6) is 1.25. The summed E-state index contributed by atoms with van der Waals surface area (Å²) in [4.78, 5) is 12.4. The van der Waals surface area contributed by atoms with E-state index in [4.69, 9.17) is 5.73 Å². The minimum Gasteiger partial charge on any atom is -0.355 e. The number of nitrogens with one attached hydrogen (secondary N) is 1. The van der Waals surface area contributed by atoms with E-state index in [0.717, 1.165) is 32.2 Å². The molecule has 3 heteroatoms. The smallest absolute Gasteiger partial charge is 0.227 e. The lowest BCUT2D eigenvalue weighted by atomic mass is 9.78. The average Bonchev–Trinajstić information content (AvgIpc) is 2.34. The number of nitrogens with two attached hydrogens (primary N) is 1. The molecular weight excluding hydrogens is 224 g/mol. The summed E-state index contributed by atoms with van der Waals surface area (Å²) in [7, 11) is 0. The van der Waals surface area contributed by atoms with Crippen molar-refractivity contribution in [2.45, 2.75) is 60.3 Å². The lowest BCUT2D eigenvalue weighted by Crippen LogP contribution is -2.47. The average molecular weight is 256 g/mol. The number of amides is 1. The van der Waals surface area contributed by atoms with Gasteiger partial charge in [-0.2, -0.15) is 0 Å². The van der Waals surface area contributed by atoms with Gasteiger partial charge in [0.2, 0.25) is 5.91 Å². The zero-order valence-electron chi connectivity index (χ0n) is 12.9. The molecule has 0 rings (SSSR count). The Morgan fingerprint density at radius 2 is 1.67 bits per heavy atom. The highest BCUT2D eigenvalue weighted by molar-refractivity contribution is 5.82. The van der Waals surface area contributed by atoms with Gasteiger partial charge >= 0.3 is 0 Å². The number of carbonyl (C=O) groups excluding carboxylic acids is 1. The molecule has 0 radical (unpaired) electrons. The second-order valence-electron chi connectivity index (χ2n) is 5.92. The molecule has 0 aromatic rings. The fourth-order valence-electron chi connectivity index (χ4n) is 2.28. The van der Waals surface area contributed by atoms with Crippen molar-refractivity contribution in [3.63, 3.8) is 0 Å². The van der Waals surface area contributed by atoms with Gasteiger partial charge < -0.3 is 11.1 Å². The van der Waals surface area contributed by atoms with E-state index >= 15 is 0 Å². The van der Waals surface area contributed by atoms with Crippen LogP contribution in [0.4, 0.5) is 0 Å². The normalized spacial score (nSPS) is 13.7. The van der Waals surface area contributed by atoms with Gasteiger partial charge in [-0.15, -0.1) is 0 Å². The third kappa shape index (κ3) is 4.97. The van der Waals surface area contributed by atoms with Crippen LogP contribution < -0.4 is 11.1 Å². The SMILES string of the molecule is CCCC(CN)(CCC)C(=O)NCC(C)C(C)C. The quantitative estimate of drug-likeness (QED) is 0.666. The molecule has 0 bridgehead atoms. The molecule has 3 N–H and O–H groups in total. The van der Waals surface area contributed by atoms with Gasteiger partial charge in [0.15, 0.2) is 0 Å². The molecule has 3 nitrogen and oxygen atoms in total. The topological polar surface area (TPSA) is 55.1 Å². The van der Waals surface area contributed by atoms with Crippen molar-refractivity contribution in [1.82, 2.24) is 5.32 Å². The van der Waals surface area contributed by atoms with E-state index < -0.39 is 0 Å². The molecule has 0 spiro atoms. The Labute approximate surface area is 113 Å². The van der Waals surface area contributed by atoms with Gasteiger partial charge in [0, 0.05) is 13.1 Å². The predicted octanol–water partition coefficient (Wildman–Crippen LogP) is 2.94. The molecule has 0 aromatic carbocycles. The summed E-state index contributed by atoms with van der Waals surface area (Å²) in [6.45, 7) is 12.0. The highest BCUT2D eigenvalue weighted by Gasteiger charge is 2.35. The third-order valence-electron chi connectivity index (χ3n) is 4.05. The van der Waals surface area contributed by atoms with Crippen LogP contribution in [0.5, 0.6) is 0 Å². The monoisotopic (exact) mass is 256 g/mol. The van der Waals surface area contributed by atoms with E-state index in [9.17, 15) is 4.79 Å². The van der Waals surface area contributed by atoms with E-state index in [0.29, 0.717) is 18.4 Å². The van der Waals surface area contributed by atoms with E-state index in [1.54, 1.807) is 0 Å². The van der Waals surface area contributed by atoms with Crippen molar-refractivity contribution in [3.05, 3.63) is 0 Å². The van der Waals surface area contributed by atoms with Crippen LogP contribution in [-0.2, 0) is 4.79 Å². The van der Waals surface area contributed by atoms with Crippen LogP contribution in [0.2, 0.25) is 0 Å². The molecule has 1 atom stereocenters. The van der Waals surface area contributed by atoms with Gasteiger partial charge in [0.05, 0.1) is 5.41 Å². The number of hydrogen-bond acceptors (Lipinski definition) is 2. The van der Waals surface area contributed by atoms with Crippen LogP contribution in [0, 0.1) is 17.3 Å². The maximum atomic E-state index is 12.4. The van der Waals surface area contributed by atoms with Crippen molar-refractivity contribution < 1.29 is 4.79 Å². The summed E-state index contributed by atoms with van der Waals surface area (Å²) in [6.07, 6.45) is 3.78. The summed E-state index contributed by atoms with van der Waals surface area (Å²) in [5.41, 5.74) is 5.54. The Morgan fingerprint density at radius 3 is 2.00 bits per heavy atom. The molecule has 0 aliphatic carbocycles. The third-order valence-corrected chi connectivity index (χ3v) is 4.05. The van der Waals surface area contributed by atoms with Gasteiger partial charge in [-0.3, -0.25) is 4.79 Å². The van der Waals surface area contributed by atoms with Crippen molar-refractivity contribution >= 4 is 5.91 Å². The number of hydrogen-bond donors (Lipinski definition) is 2. The highest BCUT2D eigenvalue weighted by atomic mass is 16.2. The first-order valence-corrected chi connectivity index (χ1v) is 7.41. The fourth-order valence-corrected chi connectivity index (χ4v) is 2.28. The molecule has 18 heavy (non-hydrogen) atoms. The molecule has 0 fully saturated rings. The van der Waals surface area contributed by atoms with Crippen LogP contribution in [0.1, 0.15) is 60.3 Å². The van der Waals surface area contributed by atoms with Crippen molar-refractivity contribution in [2.75, 3.05) is 13.1 Å². The Kier molecular flexibility index (Phi) is 8.25. The first-order valence-electron chi connectivity index (χ1n) is 7.41. The minimum atomic E-state index is -0.347. The zero-order chi connectivity index (χ0) is 14.2. The standard InChI is InChI=1S/C15H32N2O/c1-6-8-15(11-16,9-7-2)14(18)17-10-13(5)12(3)4/h12-13H,6-11,16H2,1-5H3,(H,17,18). The van der Waals surface area contributed by atoms with Crippen LogP contribution >= 0.6 is 0 Å². The lowest BCUT2D eigenvalue weighted by molar-refractivity contribution is -0.131. The molecule has 0 aliphatic rings. The molecule has 0 aromatic heterocycles. The first-order chi connectivity index (χ1) is 8.43. The Morgan fingerprint density at radius 1 is 1.17 bits per heavy atom. The first kappa shape index (κ1) is 17.4. The van der Waals surface area contributed by atoms with Crippen molar-refractivity contribution in [2.24, 2.45) is 23.0 Å². The summed E-state index contributed by atoms with van der Waals surface area (Å²) < 4.78 is 0. The zero-order valence-corrected chi connectivity index (χ0v) is 12.9. The van der Waals surface area contributed by atoms with Crippen LogP contribution in [-0.4, -0.2) is 19.0 Å². The second-order valence-corrected chi connectivity index (χ2v) is 5.92. The molecule has 1 unspecified atom stereocenters. The Balaban J connectivity index is 4.55. The molecule has 0 aliphatic heterocycles. The molecule has 0 heterocycles. The van der Waals surface area contributed by atoms with E-state index in [1.165, 1.54) is 0 Å². The van der Waals surface area contributed by atoms with Crippen LogP contribution in [0.15, 0.2) is 0 Å². The molecule has 108 valence electrons. The summed E-state index contributed by atoms with van der Waals surface area (Å²) in [6, 6.07) is 0. The van der Waals surface area contributed by atoms with E-state index in [1.807, 2.05) is 0 Å². The molecular formula is C15H32N2O. The Hall–Kier alpha value is -0.570. The number of rotatable bonds is 9. The Bertz CT molecular complexity index is 233. The van der Waals surface area contributed by atoms with Gasteiger partial charge in [-0.1, -0.05) is 47.5 Å². The van der Waals surface area contributed by atoms with Gasteiger partial charge in [-0.25, -0.2) is 0 Å². The highest BCUT2D eigenvalue weighted by Crippen LogP contribution is 2.29. The summed E-state index contributed by atoms with van der Waals surface area (Å²) >= 11 is 0. The second kappa shape index (κ2) is 8.52. The van der Waals surface area contributed by atoms with Crippen LogP contribution in [0.3, 0.4) is 0 Å². The van der Waals surface area contributed by atoms with Crippen molar-refractivity contribution in [3.8, 4) is 0 Å². The van der Waals surface area contributed by atoms with Crippen LogP contribution in [0.25, 0.3) is 0 Å². The predicted molar refractivity (Wildman–Crippen MR) is 78.3 cm³/mol. The minimum absolute atomic E-state index is 0.154. The van der Waals surface area contributed by atoms with E-state index in [2.05, 4.69) is 39.9 Å². The van der Waals surface area contributed by atoms with Gasteiger partial charge in [-0.05, 0) is 24.7 Å². The largest absolute Gasteiger partial charge is 0.355 e. The number of carbonyl (C=O) groups is 1. The van der Waals surface area contributed by atoms with E-state index in [-0.39, 0.29) is 11.3 Å². The van der Waals surface area contributed by atoms with Crippen molar-refractivity contribution in [1.29, 1.82) is 0 Å². The lowest BCUT2D eigenvalue weighted by Gasteiger charge is -2.31. The molecule has 0 saturated carbocycles.